The van der Waals surface area contributed by atoms with Gasteiger partial charge in [-0.15, -0.1) is 0 Å². The van der Waals surface area contributed by atoms with Gasteiger partial charge in [-0.3, -0.25) is 0 Å². The maximum atomic E-state index is 5.80. The average molecular weight is 197 g/mol. The molecule has 0 saturated heterocycles. The van der Waals surface area contributed by atoms with Crippen molar-refractivity contribution in [1.29, 1.82) is 0 Å². The van der Waals surface area contributed by atoms with Crippen LogP contribution in [0, 0.1) is 0 Å². The highest BCUT2D eigenvalue weighted by Crippen LogP contribution is 2.21. The minimum atomic E-state index is 0.475. The van der Waals surface area contributed by atoms with Gasteiger partial charge in [0.1, 0.15) is 0 Å². The molecule has 14 heavy (non-hydrogen) atoms. The molecule has 0 aliphatic heterocycles. The van der Waals surface area contributed by atoms with Crippen LogP contribution in [0.15, 0.2) is 12.2 Å². The molecule has 0 radical (unpaired) electrons. The molecule has 0 bridgehead atoms. The Hall–Kier alpha value is -0.340. The van der Waals surface area contributed by atoms with E-state index in [9.17, 15) is 0 Å². The van der Waals surface area contributed by atoms with Crippen molar-refractivity contribution in [2.45, 2.75) is 51.2 Å². The monoisotopic (exact) mass is 197 g/mol. The Morgan fingerprint density at radius 3 is 2.50 bits per heavy atom. The van der Waals surface area contributed by atoms with Crippen molar-refractivity contribution in [3.05, 3.63) is 12.2 Å². The molecule has 0 spiro atoms. The molecule has 0 unspecified atom stereocenters. The van der Waals surface area contributed by atoms with E-state index in [-0.39, 0.29) is 0 Å². The van der Waals surface area contributed by atoms with Crippen molar-refractivity contribution in [3.8, 4) is 0 Å². The molecule has 1 fully saturated rings. The fraction of sp³-hybridized carbons (Fsp3) is 0.833. The van der Waals surface area contributed by atoms with Gasteiger partial charge in [0.2, 0.25) is 0 Å². The first-order chi connectivity index (χ1) is 6.76. The second-order valence-electron chi connectivity index (χ2n) is 4.18. The smallest absolute Gasteiger partial charge is 0.0677 e. The van der Waals surface area contributed by atoms with Crippen LogP contribution < -0.4 is 5.32 Å². The lowest BCUT2D eigenvalue weighted by Crippen LogP contribution is -2.33. The Labute approximate surface area is 87.7 Å². The van der Waals surface area contributed by atoms with E-state index in [1.165, 1.54) is 31.3 Å². The Bertz CT molecular complexity index is 171. The number of rotatable bonds is 5. The molecule has 2 heteroatoms. The highest BCUT2D eigenvalue weighted by Gasteiger charge is 2.20. The zero-order chi connectivity index (χ0) is 10.4. The Morgan fingerprint density at radius 1 is 1.36 bits per heavy atom. The summed E-state index contributed by atoms with van der Waals surface area (Å²) in [4.78, 5) is 0. The molecule has 1 N–H and O–H groups in total. The number of hydrogen-bond donors (Lipinski definition) is 1. The molecule has 1 aliphatic carbocycles. The van der Waals surface area contributed by atoms with Crippen LogP contribution in [0.3, 0.4) is 0 Å². The van der Waals surface area contributed by atoms with Gasteiger partial charge in [0.25, 0.3) is 0 Å². The van der Waals surface area contributed by atoms with Crippen LogP contribution in [0.5, 0.6) is 0 Å². The van der Waals surface area contributed by atoms with Gasteiger partial charge in [-0.2, -0.15) is 0 Å². The third-order valence-electron chi connectivity index (χ3n) is 3.11. The third kappa shape index (κ3) is 3.81. The topological polar surface area (TPSA) is 21.3 Å². The van der Waals surface area contributed by atoms with Crippen molar-refractivity contribution in [2.24, 2.45) is 0 Å². The number of hydrogen-bond acceptors (Lipinski definition) is 2. The molecule has 0 atom stereocenters. The van der Waals surface area contributed by atoms with Crippen molar-refractivity contribution < 1.29 is 4.74 Å². The average Bonchev–Trinajstić information content (AvgIpc) is 2.26. The van der Waals surface area contributed by atoms with Gasteiger partial charge in [0.05, 0.1) is 12.7 Å². The fourth-order valence-electron chi connectivity index (χ4n) is 1.86. The second kappa shape index (κ2) is 6.20. The van der Waals surface area contributed by atoms with Crippen molar-refractivity contribution >= 4 is 0 Å². The molecule has 0 heterocycles. The summed E-state index contributed by atoms with van der Waals surface area (Å²) in [5.41, 5.74) is 1.21. The van der Waals surface area contributed by atoms with Crippen LogP contribution in [0.1, 0.15) is 39.0 Å². The normalized spacial score (nSPS) is 27.6. The second-order valence-corrected chi connectivity index (χ2v) is 4.18. The van der Waals surface area contributed by atoms with Gasteiger partial charge in [0.15, 0.2) is 0 Å². The molecule has 0 aromatic rings. The summed E-state index contributed by atoms with van der Waals surface area (Å²) in [5.74, 6) is 0. The van der Waals surface area contributed by atoms with E-state index in [0.29, 0.717) is 12.1 Å². The molecular formula is C12H23NO. The first-order valence-electron chi connectivity index (χ1n) is 5.71. The predicted octanol–water partition coefficient (Wildman–Crippen LogP) is 2.50. The molecule has 1 saturated carbocycles. The Balaban J connectivity index is 2.13. The molecule has 82 valence electrons. The molecule has 2 nitrogen and oxygen atoms in total. The van der Waals surface area contributed by atoms with Crippen LogP contribution in [0.2, 0.25) is 0 Å². The first-order valence-corrected chi connectivity index (χ1v) is 5.71. The largest absolute Gasteiger partial charge is 0.374 e. The van der Waals surface area contributed by atoms with Crippen LogP contribution in [-0.4, -0.2) is 25.8 Å². The fourth-order valence-corrected chi connectivity index (χ4v) is 1.86. The summed E-state index contributed by atoms with van der Waals surface area (Å²) in [7, 11) is 2.05. The standard InChI is InChI=1S/C12H23NO/c1-4-10(2)9-14-12-7-5-11(13-3)6-8-12/h11-13H,2,4-9H2,1,3H3. The van der Waals surface area contributed by atoms with Crippen molar-refractivity contribution in [2.75, 3.05) is 13.7 Å². The zero-order valence-corrected chi connectivity index (χ0v) is 9.51. The molecule has 0 aromatic carbocycles. The van der Waals surface area contributed by atoms with Crippen molar-refractivity contribution in [1.82, 2.24) is 5.32 Å². The lowest BCUT2D eigenvalue weighted by Gasteiger charge is -2.28. The highest BCUT2D eigenvalue weighted by atomic mass is 16.5. The molecule has 0 amide bonds. The minimum Gasteiger partial charge on any atom is -0.374 e. The van der Waals surface area contributed by atoms with Gasteiger partial charge >= 0.3 is 0 Å². The quantitative estimate of drug-likeness (QED) is 0.684. The molecule has 0 aromatic heterocycles. The Kier molecular flexibility index (Phi) is 5.20. The summed E-state index contributed by atoms with van der Waals surface area (Å²) in [6, 6.07) is 0.712. The van der Waals surface area contributed by atoms with Gasteiger partial charge < -0.3 is 10.1 Å². The van der Waals surface area contributed by atoms with Gasteiger partial charge in [-0.1, -0.05) is 19.1 Å². The maximum absolute atomic E-state index is 5.80. The van der Waals surface area contributed by atoms with Gasteiger partial charge in [-0.05, 0) is 39.2 Å². The van der Waals surface area contributed by atoms with E-state index < -0.39 is 0 Å². The summed E-state index contributed by atoms with van der Waals surface area (Å²) in [5, 5.41) is 3.33. The first kappa shape index (κ1) is 11.7. The Morgan fingerprint density at radius 2 is 2.00 bits per heavy atom. The van der Waals surface area contributed by atoms with E-state index in [0.717, 1.165) is 13.0 Å². The molecule has 1 aliphatic rings. The van der Waals surface area contributed by atoms with E-state index in [2.05, 4.69) is 18.8 Å². The van der Waals surface area contributed by atoms with Crippen LogP contribution >= 0.6 is 0 Å². The van der Waals surface area contributed by atoms with Crippen LogP contribution in [0.4, 0.5) is 0 Å². The van der Waals surface area contributed by atoms with Crippen molar-refractivity contribution in [3.63, 3.8) is 0 Å². The summed E-state index contributed by atoms with van der Waals surface area (Å²) >= 11 is 0. The lowest BCUT2D eigenvalue weighted by atomic mass is 9.93. The van der Waals surface area contributed by atoms with Crippen LogP contribution in [0.25, 0.3) is 0 Å². The van der Waals surface area contributed by atoms with Crippen LogP contribution in [-0.2, 0) is 4.74 Å². The maximum Gasteiger partial charge on any atom is 0.0677 e. The van der Waals surface area contributed by atoms with E-state index in [1.54, 1.807) is 0 Å². The van der Waals surface area contributed by atoms with E-state index >= 15 is 0 Å². The summed E-state index contributed by atoms with van der Waals surface area (Å²) in [6.07, 6.45) is 6.40. The number of ether oxygens (including phenoxy) is 1. The van der Waals surface area contributed by atoms with E-state index in [1.807, 2.05) is 7.05 Å². The molecule has 1 rings (SSSR count). The van der Waals surface area contributed by atoms with E-state index in [4.69, 9.17) is 4.74 Å². The minimum absolute atomic E-state index is 0.475. The number of nitrogens with one attached hydrogen (secondary N) is 1. The SMILES string of the molecule is C=C(CC)COC1CCC(NC)CC1. The highest BCUT2D eigenvalue weighted by molar-refractivity contribution is 4.92. The third-order valence-corrected chi connectivity index (χ3v) is 3.11. The predicted molar refractivity (Wildman–Crippen MR) is 60.5 cm³/mol. The molecular weight excluding hydrogens is 174 g/mol. The summed E-state index contributed by atoms with van der Waals surface area (Å²) in [6.45, 7) is 6.84. The lowest BCUT2D eigenvalue weighted by molar-refractivity contribution is 0.0359. The zero-order valence-electron chi connectivity index (χ0n) is 9.51. The summed E-state index contributed by atoms with van der Waals surface area (Å²) < 4.78 is 5.80. The van der Waals surface area contributed by atoms with Gasteiger partial charge in [0, 0.05) is 6.04 Å². The van der Waals surface area contributed by atoms with Gasteiger partial charge in [-0.25, -0.2) is 0 Å².